The number of ether oxygens (including phenoxy) is 1. The van der Waals surface area contributed by atoms with Crippen molar-refractivity contribution in [1.29, 1.82) is 5.26 Å². The van der Waals surface area contributed by atoms with E-state index in [1.165, 1.54) is 6.20 Å². The number of fused-ring (bicyclic) bond motifs is 1. The van der Waals surface area contributed by atoms with Gasteiger partial charge < -0.3 is 25.6 Å². The molecule has 3 N–H and O–H groups in total. The molecule has 0 unspecified atom stereocenters. The Morgan fingerprint density at radius 2 is 1.98 bits per heavy atom. The maximum absolute atomic E-state index is 12.7. The number of nitrogens with zero attached hydrogens (tertiary/aromatic N) is 4. The number of nitrogens with one attached hydrogen (secondary N) is 3. The van der Waals surface area contributed by atoms with Gasteiger partial charge in [-0.15, -0.1) is 0 Å². The topological polar surface area (TPSA) is 115 Å². The van der Waals surface area contributed by atoms with E-state index >= 15 is 0 Å². The molecule has 0 aliphatic rings. The van der Waals surface area contributed by atoms with Gasteiger partial charge in [0.1, 0.15) is 11.8 Å². The summed E-state index contributed by atoms with van der Waals surface area (Å²) in [7, 11) is 3.95. The van der Waals surface area contributed by atoms with E-state index in [1.807, 2.05) is 56.3 Å². The number of anilines is 4. The third kappa shape index (κ3) is 7.38. The molecule has 9 nitrogen and oxygen atoms in total. The Labute approximate surface area is 239 Å². The van der Waals surface area contributed by atoms with Gasteiger partial charge in [-0.2, -0.15) is 5.26 Å². The summed E-state index contributed by atoms with van der Waals surface area (Å²) in [6.45, 7) is 3.65. The number of carbonyl (C=O) groups is 1. The molecule has 2 aromatic heterocycles. The van der Waals surface area contributed by atoms with Crippen LogP contribution < -0.4 is 20.7 Å². The van der Waals surface area contributed by atoms with Gasteiger partial charge in [-0.1, -0.05) is 17.7 Å². The summed E-state index contributed by atoms with van der Waals surface area (Å²) in [5, 5.41) is 20.7. The molecule has 2 heterocycles. The highest BCUT2D eigenvalue weighted by Crippen LogP contribution is 2.37. The Morgan fingerprint density at radius 1 is 1.12 bits per heavy atom. The van der Waals surface area contributed by atoms with E-state index in [4.69, 9.17) is 16.3 Å². The van der Waals surface area contributed by atoms with Gasteiger partial charge in [0.2, 0.25) is 5.91 Å². The molecule has 0 aliphatic carbocycles. The van der Waals surface area contributed by atoms with Crippen molar-refractivity contribution < 1.29 is 9.53 Å². The van der Waals surface area contributed by atoms with Crippen LogP contribution in [0, 0.1) is 11.3 Å². The fourth-order valence-corrected chi connectivity index (χ4v) is 4.40. The van der Waals surface area contributed by atoms with Crippen molar-refractivity contribution in [3.63, 3.8) is 0 Å². The van der Waals surface area contributed by atoms with Crippen LogP contribution in [0.1, 0.15) is 31.0 Å². The predicted molar refractivity (Wildman–Crippen MR) is 160 cm³/mol. The summed E-state index contributed by atoms with van der Waals surface area (Å²) in [5.41, 5.74) is 4.41. The third-order valence-corrected chi connectivity index (χ3v) is 6.41. The molecule has 40 heavy (non-hydrogen) atoms. The smallest absolute Gasteiger partial charge is 0.224 e. The Balaban J connectivity index is 1.62. The van der Waals surface area contributed by atoms with Crippen molar-refractivity contribution in [2.45, 2.75) is 26.3 Å². The molecule has 10 heteroatoms. The van der Waals surface area contributed by atoms with Crippen LogP contribution in [0.25, 0.3) is 10.9 Å². The van der Waals surface area contributed by atoms with Crippen LogP contribution in [0.4, 0.5) is 22.7 Å². The quantitative estimate of drug-likeness (QED) is 0.189. The van der Waals surface area contributed by atoms with Crippen molar-refractivity contribution in [2.24, 2.45) is 0 Å². The first kappa shape index (κ1) is 28.6. The number of rotatable bonds is 12. The minimum Gasteiger partial charge on any atom is -0.492 e. The van der Waals surface area contributed by atoms with Crippen molar-refractivity contribution in [1.82, 2.24) is 14.9 Å². The second-order valence-corrected chi connectivity index (χ2v) is 9.81. The molecule has 0 bridgehead atoms. The second kappa shape index (κ2) is 13.6. The molecule has 0 atom stereocenters. The molecular weight excluding hydrogens is 526 g/mol. The average Bonchev–Trinajstić information content (AvgIpc) is 2.94. The van der Waals surface area contributed by atoms with E-state index < -0.39 is 0 Å². The summed E-state index contributed by atoms with van der Waals surface area (Å²) in [6, 6.07) is 17.1. The summed E-state index contributed by atoms with van der Waals surface area (Å²) >= 11 is 6.59. The van der Waals surface area contributed by atoms with Gasteiger partial charge in [0.25, 0.3) is 0 Å². The molecule has 2 aromatic carbocycles. The van der Waals surface area contributed by atoms with Crippen LogP contribution in [0.2, 0.25) is 5.02 Å². The first-order valence-corrected chi connectivity index (χ1v) is 13.4. The van der Waals surface area contributed by atoms with Crippen LogP contribution >= 0.6 is 11.6 Å². The van der Waals surface area contributed by atoms with Crippen LogP contribution in [0.3, 0.4) is 0 Å². The van der Waals surface area contributed by atoms with Crippen molar-refractivity contribution in [3.8, 4) is 11.8 Å². The summed E-state index contributed by atoms with van der Waals surface area (Å²) < 4.78 is 5.81. The highest BCUT2D eigenvalue weighted by atomic mass is 35.5. The van der Waals surface area contributed by atoms with Gasteiger partial charge in [0.05, 0.1) is 52.0 Å². The van der Waals surface area contributed by atoms with Gasteiger partial charge in [-0.25, -0.2) is 0 Å². The maximum atomic E-state index is 12.7. The zero-order valence-corrected chi connectivity index (χ0v) is 23.5. The molecule has 1 amide bonds. The third-order valence-electron chi connectivity index (χ3n) is 6.10. The minimum atomic E-state index is -0.110. The predicted octanol–water partition coefficient (Wildman–Crippen LogP) is 6.19. The Kier molecular flexibility index (Phi) is 9.73. The number of halogens is 1. The standard InChI is InChI=1S/C30H32ClN7O2/c1-4-40-28-16-26-23(15-27(28)37-29(39)9-7-13-38(2)3)30(20(17-32)18-34-26)36-21-10-11-25(24(31)14-21)35-19-22-8-5-6-12-33-22/h5-6,8,10-12,14-16,18,35H,4,7,9,13,19H2,1-3H3,(H,34,36)(H,37,39). The normalized spacial score (nSPS) is 10.8. The molecule has 0 radical (unpaired) electrons. The average molecular weight is 558 g/mol. The molecule has 4 rings (SSSR count). The summed E-state index contributed by atoms with van der Waals surface area (Å²) in [6.07, 6.45) is 4.38. The molecule has 0 spiro atoms. The van der Waals surface area contributed by atoms with Crippen LogP contribution in [0.5, 0.6) is 5.75 Å². The lowest BCUT2D eigenvalue weighted by Gasteiger charge is -2.17. The molecule has 0 aliphatic heterocycles. The number of amides is 1. The Morgan fingerprint density at radius 3 is 2.67 bits per heavy atom. The fourth-order valence-electron chi connectivity index (χ4n) is 4.15. The van der Waals surface area contributed by atoms with Gasteiger partial charge >= 0.3 is 0 Å². The van der Waals surface area contributed by atoms with Crippen molar-refractivity contribution in [2.75, 3.05) is 43.2 Å². The number of aromatic nitrogens is 2. The Bertz CT molecular complexity index is 1520. The van der Waals surface area contributed by atoms with Gasteiger partial charge in [-0.3, -0.25) is 14.8 Å². The Hall–Kier alpha value is -4.39. The second-order valence-electron chi connectivity index (χ2n) is 9.41. The first-order chi connectivity index (χ1) is 19.4. The lowest BCUT2D eigenvalue weighted by Crippen LogP contribution is -2.17. The highest BCUT2D eigenvalue weighted by molar-refractivity contribution is 6.33. The van der Waals surface area contributed by atoms with Crippen molar-refractivity contribution >= 4 is 51.2 Å². The number of nitriles is 1. The molecule has 0 fully saturated rings. The molecule has 0 saturated carbocycles. The molecule has 0 saturated heterocycles. The van der Waals surface area contributed by atoms with E-state index in [1.54, 1.807) is 24.4 Å². The van der Waals surface area contributed by atoms with E-state index in [9.17, 15) is 10.1 Å². The molecule has 206 valence electrons. The van der Waals surface area contributed by atoms with Gasteiger partial charge in [0, 0.05) is 36.0 Å². The maximum Gasteiger partial charge on any atom is 0.224 e. The van der Waals surface area contributed by atoms with E-state index in [0.29, 0.717) is 63.9 Å². The van der Waals surface area contributed by atoms with E-state index in [0.717, 1.165) is 24.3 Å². The van der Waals surface area contributed by atoms with Crippen LogP contribution in [-0.4, -0.2) is 48.0 Å². The summed E-state index contributed by atoms with van der Waals surface area (Å²) in [5.74, 6) is 0.409. The van der Waals surface area contributed by atoms with E-state index in [-0.39, 0.29) is 5.91 Å². The number of carbonyl (C=O) groups excluding carboxylic acids is 1. The lowest BCUT2D eigenvalue weighted by atomic mass is 10.1. The number of hydrogen-bond donors (Lipinski definition) is 3. The zero-order chi connectivity index (χ0) is 28.5. The van der Waals surface area contributed by atoms with Crippen LogP contribution in [0.15, 0.2) is 60.9 Å². The van der Waals surface area contributed by atoms with E-state index in [2.05, 4.69) is 32.0 Å². The van der Waals surface area contributed by atoms with Crippen molar-refractivity contribution in [3.05, 3.63) is 77.2 Å². The highest BCUT2D eigenvalue weighted by Gasteiger charge is 2.16. The van der Waals surface area contributed by atoms with Crippen LogP contribution in [-0.2, 0) is 11.3 Å². The molecule has 4 aromatic rings. The minimum absolute atomic E-state index is 0.110. The largest absolute Gasteiger partial charge is 0.492 e. The molecular formula is C30H32ClN7O2. The monoisotopic (exact) mass is 557 g/mol. The number of benzene rings is 2. The van der Waals surface area contributed by atoms with Gasteiger partial charge in [-0.05, 0) is 70.4 Å². The first-order valence-electron chi connectivity index (χ1n) is 13.0. The lowest BCUT2D eigenvalue weighted by molar-refractivity contribution is -0.116. The number of hydrogen-bond acceptors (Lipinski definition) is 8. The zero-order valence-electron chi connectivity index (χ0n) is 22.8. The van der Waals surface area contributed by atoms with Gasteiger partial charge in [0.15, 0.2) is 0 Å². The number of pyridine rings is 2. The SMILES string of the molecule is CCOc1cc2ncc(C#N)c(Nc3ccc(NCc4ccccn4)c(Cl)c3)c2cc1NC(=O)CCCN(C)C. The summed E-state index contributed by atoms with van der Waals surface area (Å²) in [4.78, 5) is 23.5. The fraction of sp³-hybridized carbons (Fsp3) is 0.267.